The topological polar surface area (TPSA) is 29.1 Å². The summed E-state index contributed by atoms with van der Waals surface area (Å²) in [7, 11) is 1.55. The second-order valence-corrected chi connectivity index (χ2v) is 0.954. The normalized spacial score (nSPS) is 5.33. The quantitative estimate of drug-likeness (QED) is 0.479. The lowest BCUT2D eigenvalue weighted by Gasteiger charge is -1.80. The van der Waals surface area contributed by atoms with Gasteiger partial charge in [-0.2, -0.15) is 0 Å². The van der Waals surface area contributed by atoms with E-state index in [0.717, 1.165) is 0 Å². The molecule has 0 rings (SSSR count). The van der Waals surface area contributed by atoms with Crippen molar-refractivity contribution in [1.82, 2.24) is 5.32 Å². The smallest absolute Gasteiger partial charge is 0.295 e. The van der Waals surface area contributed by atoms with Gasteiger partial charge in [-0.1, -0.05) is 19.8 Å². The molecule has 0 heterocycles. The molecule has 1 amide bonds. The third kappa shape index (κ3) is 11.0. The van der Waals surface area contributed by atoms with Gasteiger partial charge in [-0.05, 0) is 12.8 Å². The molecule has 0 atom stereocenters. The van der Waals surface area contributed by atoms with Gasteiger partial charge in [0.15, 0.2) is 0 Å². The molecule has 52 valence electrons. The molecule has 0 unspecified atom stereocenters. The van der Waals surface area contributed by atoms with Crippen LogP contribution in [0.3, 0.4) is 0 Å². The minimum Gasteiger partial charge on any atom is -0.348 e. The Morgan fingerprint density at radius 1 is 1.44 bits per heavy atom. The largest absolute Gasteiger partial charge is 0.348 e. The van der Waals surface area contributed by atoms with Gasteiger partial charge in [0.05, 0.1) is 0 Å². The molecule has 0 aliphatic carbocycles. The molecule has 0 aliphatic heterocycles. The van der Waals surface area contributed by atoms with Gasteiger partial charge in [-0.15, -0.1) is 0 Å². The van der Waals surface area contributed by atoms with Crippen LogP contribution < -0.4 is 5.32 Å². The lowest BCUT2D eigenvalue weighted by molar-refractivity contribution is -0.115. The second kappa shape index (κ2) is 10.1. The van der Waals surface area contributed by atoms with E-state index in [1.54, 1.807) is 14.0 Å². The number of carbonyl (C=O) groups excluding carboxylic acids is 1. The van der Waals surface area contributed by atoms with E-state index in [0.29, 0.717) is 0 Å². The zero-order valence-corrected chi connectivity index (χ0v) is 6.41. The van der Waals surface area contributed by atoms with E-state index in [2.05, 4.69) is 17.2 Å². The van der Waals surface area contributed by atoms with Gasteiger partial charge in [0, 0.05) is 7.05 Å². The molecule has 0 radical (unpaired) electrons. The van der Waals surface area contributed by atoms with Crippen LogP contribution in [0.2, 0.25) is 0 Å². The maximum absolute atomic E-state index is 10.1. The van der Waals surface area contributed by atoms with Crippen LogP contribution in [0.4, 0.5) is 0 Å². The molecule has 0 fully saturated rings. The highest BCUT2D eigenvalue weighted by atomic mass is 16.1. The van der Waals surface area contributed by atoms with Crippen LogP contribution in [0, 0.1) is 11.8 Å². The fourth-order valence-electron chi connectivity index (χ4n) is 0.176. The average molecular weight is 127 g/mol. The summed E-state index contributed by atoms with van der Waals surface area (Å²) >= 11 is 0. The summed E-state index contributed by atoms with van der Waals surface area (Å²) in [6.45, 7) is 5.62. The molecule has 0 spiro atoms. The predicted molar refractivity (Wildman–Crippen MR) is 38.9 cm³/mol. The van der Waals surface area contributed by atoms with E-state index in [1.807, 2.05) is 13.8 Å². The summed E-state index contributed by atoms with van der Waals surface area (Å²) in [5, 5.41) is 2.35. The number of carbonyl (C=O) groups is 1. The zero-order chi connectivity index (χ0) is 7.70. The zero-order valence-electron chi connectivity index (χ0n) is 6.41. The van der Waals surface area contributed by atoms with Gasteiger partial charge >= 0.3 is 0 Å². The minimum absolute atomic E-state index is 0.234. The van der Waals surface area contributed by atoms with Crippen LogP contribution in [0.25, 0.3) is 0 Å². The Hall–Kier alpha value is -0.970. The molecular weight excluding hydrogens is 114 g/mol. The van der Waals surface area contributed by atoms with Crippen LogP contribution >= 0.6 is 0 Å². The van der Waals surface area contributed by atoms with Crippen LogP contribution in [0.15, 0.2) is 0 Å². The maximum Gasteiger partial charge on any atom is 0.295 e. The van der Waals surface area contributed by atoms with E-state index >= 15 is 0 Å². The van der Waals surface area contributed by atoms with Crippen LogP contribution in [-0.4, -0.2) is 13.0 Å². The predicted octanol–water partition coefficient (Wildman–Crippen LogP) is 0.782. The Morgan fingerprint density at radius 2 is 1.89 bits per heavy atom. The summed E-state index contributed by atoms with van der Waals surface area (Å²) in [6, 6.07) is 0. The van der Waals surface area contributed by atoms with Crippen molar-refractivity contribution in [3.05, 3.63) is 0 Å². The lowest BCUT2D eigenvalue weighted by Crippen LogP contribution is -2.14. The summed E-state index contributed by atoms with van der Waals surface area (Å²) in [6.07, 6.45) is 0. The number of hydrogen-bond acceptors (Lipinski definition) is 1. The van der Waals surface area contributed by atoms with E-state index in [9.17, 15) is 4.79 Å². The van der Waals surface area contributed by atoms with Crippen molar-refractivity contribution in [2.24, 2.45) is 0 Å². The Balaban J connectivity index is 0. The van der Waals surface area contributed by atoms with Crippen molar-refractivity contribution < 1.29 is 4.79 Å². The minimum atomic E-state index is -0.234. The van der Waals surface area contributed by atoms with Crippen molar-refractivity contribution in [2.75, 3.05) is 7.05 Å². The van der Waals surface area contributed by atoms with Gasteiger partial charge in [0.2, 0.25) is 0 Å². The van der Waals surface area contributed by atoms with Gasteiger partial charge in [-0.3, -0.25) is 4.79 Å². The van der Waals surface area contributed by atoms with Crippen molar-refractivity contribution >= 4 is 5.91 Å². The first-order valence-corrected chi connectivity index (χ1v) is 2.95. The Labute approximate surface area is 56.6 Å². The molecule has 0 saturated heterocycles. The first-order valence-electron chi connectivity index (χ1n) is 2.95. The first kappa shape index (κ1) is 10.9. The fraction of sp³-hybridized carbons (Fsp3) is 0.571. The number of rotatable bonds is 0. The van der Waals surface area contributed by atoms with Crippen molar-refractivity contribution in [3.63, 3.8) is 0 Å². The Bertz CT molecular complexity index is 119. The van der Waals surface area contributed by atoms with E-state index in [4.69, 9.17) is 0 Å². The molecule has 9 heavy (non-hydrogen) atoms. The summed E-state index contributed by atoms with van der Waals surface area (Å²) in [4.78, 5) is 10.1. The molecule has 0 saturated carbocycles. The molecule has 1 N–H and O–H groups in total. The van der Waals surface area contributed by atoms with Crippen LogP contribution in [0.1, 0.15) is 20.8 Å². The molecule has 0 aliphatic rings. The highest BCUT2D eigenvalue weighted by Crippen LogP contribution is 1.53. The maximum atomic E-state index is 10.1. The molecule has 0 aromatic carbocycles. The average Bonchev–Trinajstić information content (AvgIpc) is 1.93. The summed E-state index contributed by atoms with van der Waals surface area (Å²) < 4.78 is 0. The summed E-state index contributed by atoms with van der Waals surface area (Å²) in [5.41, 5.74) is 0. The third-order valence-electron chi connectivity index (χ3n) is 0.466. The van der Waals surface area contributed by atoms with Crippen molar-refractivity contribution in [1.29, 1.82) is 0 Å². The Morgan fingerprint density at radius 3 is 2.00 bits per heavy atom. The number of nitrogens with one attached hydrogen (secondary N) is 1. The molecule has 0 bridgehead atoms. The standard InChI is InChI=1S/C5H7NO.C2H6/c1-3-4-5(7)6-2;1-2/h1-2H3,(H,6,7);1-2H3. The van der Waals surface area contributed by atoms with E-state index in [-0.39, 0.29) is 5.91 Å². The molecule has 2 heteroatoms. The Kier molecular flexibility index (Phi) is 12.3. The molecule has 2 nitrogen and oxygen atoms in total. The van der Waals surface area contributed by atoms with E-state index in [1.165, 1.54) is 0 Å². The number of hydrogen-bond donors (Lipinski definition) is 1. The summed E-state index contributed by atoms with van der Waals surface area (Å²) in [5.74, 6) is 4.52. The highest BCUT2D eigenvalue weighted by Gasteiger charge is 1.81. The molecular formula is C7H13NO. The molecule has 0 aromatic rings. The van der Waals surface area contributed by atoms with Gasteiger partial charge in [0.1, 0.15) is 0 Å². The lowest BCUT2D eigenvalue weighted by atomic mass is 10.6. The van der Waals surface area contributed by atoms with Gasteiger partial charge < -0.3 is 5.32 Å². The van der Waals surface area contributed by atoms with Crippen molar-refractivity contribution in [3.8, 4) is 11.8 Å². The first-order chi connectivity index (χ1) is 4.31. The third-order valence-corrected chi connectivity index (χ3v) is 0.466. The monoisotopic (exact) mass is 127 g/mol. The molecule has 0 aromatic heterocycles. The number of amides is 1. The highest BCUT2D eigenvalue weighted by molar-refractivity contribution is 5.93. The van der Waals surface area contributed by atoms with Crippen LogP contribution in [-0.2, 0) is 4.79 Å². The van der Waals surface area contributed by atoms with Gasteiger partial charge in [0.25, 0.3) is 5.91 Å². The van der Waals surface area contributed by atoms with Crippen molar-refractivity contribution in [2.45, 2.75) is 20.8 Å². The fourth-order valence-corrected chi connectivity index (χ4v) is 0.176. The van der Waals surface area contributed by atoms with Crippen LogP contribution in [0.5, 0.6) is 0 Å². The van der Waals surface area contributed by atoms with Gasteiger partial charge in [-0.25, -0.2) is 0 Å². The van der Waals surface area contributed by atoms with E-state index < -0.39 is 0 Å². The SMILES string of the molecule is CC.CC#CC(=O)NC. The second-order valence-electron chi connectivity index (χ2n) is 0.954.